The van der Waals surface area contributed by atoms with E-state index in [1.165, 1.54) is 10.4 Å². The number of alkyl halides is 1. The van der Waals surface area contributed by atoms with Crippen molar-refractivity contribution in [2.75, 3.05) is 7.11 Å². The third-order valence-corrected chi connectivity index (χ3v) is 4.65. The van der Waals surface area contributed by atoms with Crippen LogP contribution in [0.5, 0.6) is 5.75 Å². The van der Waals surface area contributed by atoms with Crippen molar-refractivity contribution >= 4 is 27.3 Å². The van der Waals surface area contributed by atoms with Crippen molar-refractivity contribution in [3.63, 3.8) is 0 Å². The van der Waals surface area contributed by atoms with Crippen LogP contribution in [0.25, 0.3) is 0 Å². The van der Waals surface area contributed by atoms with Gasteiger partial charge in [0.15, 0.2) is 0 Å². The van der Waals surface area contributed by atoms with Crippen molar-refractivity contribution in [1.82, 2.24) is 4.98 Å². The molecule has 2 aromatic rings. The maximum Gasteiger partial charge on any atom is 0.129 e. The zero-order valence-corrected chi connectivity index (χ0v) is 12.2. The molecule has 2 rings (SSSR count). The van der Waals surface area contributed by atoms with Crippen LogP contribution in [0.3, 0.4) is 0 Å². The molecule has 17 heavy (non-hydrogen) atoms. The van der Waals surface area contributed by atoms with Gasteiger partial charge in [-0.05, 0) is 24.6 Å². The molecule has 0 aliphatic carbocycles. The highest BCUT2D eigenvalue weighted by Gasteiger charge is 2.12. The van der Waals surface area contributed by atoms with Gasteiger partial charge in [-0.15, -0.1) is 11.3 Å². The van der Waals surface area contributed by atoms with Crippen LogP contribution >= 0.6 is 27.3 Å². The highest BCUT2D eigenvalue weighted by Crippen LogP contribution is 2.34. The molecule has 0 saturated carbocycles. The second-order valence-corrected chi connectivity index (χ2v) is 5.94. The Morgan fingerprint density at radius 1 is 1.47 bits per heavy atom. The van der Waals surface area contributed by atoms with E-state index in [2.05, 4.69) is 39.1 Å². The molecule has 1 unspecified atom stereocenters. The number of aromatic nitrogens is 1. The molecule has 0 saturated heterocycles. The van der Waals surface area contributed by atoms with Gasteiger partial charge in [-0.1, -0.05) is 22.0 Å². The molecule has 90 valence electrons. The third-order valence-electron chi connectivity index (χ3n) is 2.50. The Kier molecular flexibility index (Phi) is 4.18. The summed E-state index contributed by atoms with van der Waals surface area (Å²) >= 11 is 5.40. The van der Waals surface area contributed by atoms with Crippen molar-refractivity contribution in [2.24, 2.45) is 0 Å². The number of halogens is 1. The number of pyridine rings is 1. The summed E-state index contributed by atoms with van der Waals surface area (Å²) in [7, 11) is 1.69. The van der Waals surface area contributed by atoms with E-state index in [0.29, 0.717) is 4.83 Å². The van der Waals surface area contributed by atoms with Crippen LogP contribution < -0.4 is 4.74 Å². The highest BCUT2D eigenvalue weighted by molar-refractivity contribution is 9.09. The predicted octanol–water partition coefficient (Wildman–Crippen LogP) is 4.14. The number of hydrogen-bond acceptors (Lipinski definition) is 3. The molecular formula is C13H14BrNOS. The minimum Gasteiger partial charge on any atom is -0.496 e. The Balaban J connectivity index is 2.05. The predicted molar refractivity (Wildman–Crippen MR) is 75.2 cm³/mol. The number of nitrogens with zero attached hydrogens (tertiary/aromatic N) is 1. The molecule has 2 nitrogen and oxygen atoms in total. The molecule has 0 aliphatic rings. The Bertz CT molecular complexity index is 480. The summed E-state index contributed by atoms with van der Waals surface area (Å²) < 4.78 is 5.18. The maximum absolute atomic E-state index is 5.18. The topological polar surface area (TPSA) is 22.1 Å². The summed E-state index contributed by atoms with van der Waals surface area (Å²) in [6.07, 6.45) is 2.80. The first-order chi connectivity index (χ1) is 8.19. The van der Waals surface area contributed by atoms with Crippen LogP contribution in [0.4, 0.5) is 0 Å². The molecule has 0 amide bonds. The smallest absolute Gasteiger partial charge is 0.129 e. The number of aryl methyl sites for hydroxylation is 1. The van der Waals surface area contributed by atoms with Gasteiger partial charge in [-0.3, -0.25) is 4.98 Å². The summed E-state index contributed by atoms with van der Waals surface area (Å²) in [6.45, 7) is 2.05. The Morgan fingerprint density at radius 3 is 2.88 bits per heavy atom. The molecule has 2 heterocycles. The second-order valence-electron chi connectivity index (χ2n) is 3.89. The molecule has 0 bridgehead atoms. The molecule has 0 N–H and O–H groups in total. The monoisotopic (exact) mass is 311 g/mol. The van der Waals surface area contributed by atoms with Gasteiger partial charge in [-0.2, -0.15) is 0 Å². The van der Waals surface area contributed by atoms with Crippen molar-refractivity contribution in [3.05, 3.63) is 45.9 Å². The zero-order chi connectivity index (χ0) is 12.3. The largest absolute Gasteiger partial charge is 0.496 e. The number of hydrogen-bond donors (Lipinski definition) is 0. The fourth-order valence-corrected chi connectivity index (χ4v) is 3.13. The first-order valence-corrected chi connectivity index (χ1v) is 7.16. The summed E-state index contributed by atoms with van der Waals surface area (Å²) in [4.78, 5) is 5.98. The average Bonchev–Trinajstić information content (AvgIpc) is 2.81. The summed E-state index contributed by atoms with van der Waals surface area (Å²) in [5.74, 6) is 0.923. The normalized spacial score (nSPS) is 12.4. The van der Waals surface area contributed by atoms with E-state index in [0.717, 1.165) is 17.9 Å². The van der Waals surface area contributed by atoms with E-state index in [1.54, 1.807) is 18.4 Å². The molecule has 0 spiro atoms. The molecule has 0 radical (unpaired) electrons. The van der Waals surface area contributed by atoms with Crippen LogP contribution in [0.2, 0.25) is 0 Å². The van der Waals surface area contributed by atoms with Gasteiger partial charge in [0.05, 0.1) is 11.9 Å². The molecule has 0 aliphatic heterocycles. The van der Waals surface area contributed by atoms with Crippen molar-refractivity contribution in [1.29, 1.82) is 0 Å². The van der Waals surface area contributed by atoms with E-state index < -0.39 is 0 Å². The molecular weight excluding hydrogens is 298 g/mol. The molecule has 0 aromatic carbocycles. The fourth-order valence-electron chi connectivity index (χ4n) is 1.51. The van der Waals surface area contributed by atoms with Crippen molar-refractivity contribution in [3.8, 4) is 5.75 Å². The van der Waals surface area contributed by atoms with Crippen LogP contribution in [0, 0.1) is 6.92 Å². The Labute approximate surface area is 114 Å². The van der Waals surface area contributed by atoms with Gasteiger partial charge >= 0.3 is 0 Å². The molecule has 2 aromatic heterocycles. The van der Waals surface area contributed by atoms with E-state index in [-0.39, 0.29) is 0 Å². The first-order valence-electron chi connectivity index (χ1n) is 5.37. The van der Waals surface area contributed by atoms with Crippen LogP contribution in [-0.4, -0.2) is 12.1 Å². The van der Waals surface area contributed by atoms with Gasteiger partial charge in [-0.25, -0.2) is 0 Å². The molecule has 1 atom stereocenters. The molecule has 4 heteroatoms. The van der Waals surface area contributed by atoms with Crippen molar-refractivity contribution < 1.29 is 4.74 Å². The van der Waals surface area contributed by atoms with Crippen molar-refractivity contribution in [2.45, 2.75) is 18.2 Å². The number of rotatable bonds is 4. The van der Waals surface area contributed by atoms with E-state index in [1.807, 2.05) is 18.5 Å². The summed E-state index contributed by atoms with van der Waals surface area (Å²) in [5, 5.41) is 2.02. The lowest BCUT2D eigenvalue weighted by Crippen LogP contribution is -1.96. The second kappa shape index (κ2) is 5.65. The van der Waals surface area contributed by atoms with Gasteiger partial charge in [0, 0.05) is 28.6 Å². The minimum absolute atomic E-state index is 0.298. The minimum atomic E-state index is 0.298. The van der Waals surface area contributed by atoms with Crippen LogP contribution in [0.15, 0.2) is 29.8 Å². The lowest BCUT2D eigenvalue weighted by Gasteiger charge is -2.06. The lowest BCUT2D eigenvalue weighted by molar-refractivity contribution is 0.416. The lowest BCUT2D eigenvalue weighted by atomic mass is 10.2. The third kappa shape index (κ3) is 3.30. The Morgan fingerprint density at radius 2 is 2.29 bits per heavy atom. The maximum atomic E-state index is 5.18. The average molecular weight is 312 g/mol. The standard InChI is InChI=1S/C13H14BrNOS/c1-9-3-4-10(15-7-9)5-12(14)13-6-11(16-2)8-17-13/h3-4,6-8,12H,5H2,1-2H3. The summed E-state index contributed by atoms with van der Waals surface area (Å²) in [6, 6.07) is 6.24. The van der Waals surface area contributed by atoms with Gasteiger partial charge < -0.3 is 4.74 Å². The zero-order valence-electron chi connectivity index (χ0n) is 9.81. The quantitative estimate of drug-likeness (QED) is 0.792. The summed E-state index contributed by atoms with van der Waals surface area (Å²) in [5.41, 5.74) is 2.29. The highest BCUT2D eigenvalue weighted by atomic mass is 79.9. The van der Waals surface area contributed by atoms with E-state index in [9.17, 15) is 0 Å². The van der Waals surface area contributed by atoms with E-state index in [4.69, 9.17) is 4.74 Å². The first kappa shape index (κ1) is 12.6. The SMILES string of the molecule is COc1csc(C(Br)Cc2ccc(C)cn2)c1. The fraction of sp³-hybridized carbons (Fsp3) is 0.308. The van der Waals surface area contributed by atoms with Crippen LogP contribution in [-0.2, 0) is 6.42 Å². The van der Waals surface area contributed by atoms with Gasteiger partial charge in [0.2, 0.25) is 0 Å². The van der Waals surface area contributed by atoms with Crippen LogP contribution in [0.1, 0.15) is 21.0 Å². The van der Waals surface area contributed by atoms with Gasteiger partial charge in [0.1, 0.15) is 5.75 Å². The number of methoxy groups -OCH3 is 1. The van der Waals surface area contributed by atoms with E-state index >= 15 is 0 Å². The Hall–Kier alpha value is -0.870. The van der Waals surface area contributed by atoms with Gasteiger partial charge in [0.25, 0.3) is 0 Å². The number of ether oxygens (including phenoxy) is 1. The number of thiophene rings is 1. The molecule has 0 fully saturated rings.